The predicted octanol–water partition coefficient (Wildman–Crippen LogP) is 3.13. The normalized spacial score (nSPS) is 12.1. The molecule has 2 aromatic rings. The van der Waals surface area contributed by atoms with Gasteiger partial charge in [0, 0.05) is 25.9 Å². The quantitative estimate of drug-likeness (QED) is 0.801. The summed E-state index contributed by atoms with van der Waals surface area (Å²) in [6.07, 6.45) is -3.46. The molecule has 0 amide bonds. The van der Waals surface area contributed by atoms with E-state index in [9.17, 15) is 17.6 Å². The van der Waals surface area contributed by atoms with E-state index in [1.54, 1.807) is 0 Å². The molecule has 7 heteroatoms. The van der Waals surface area contributed by atoms with E-state index in [1.165, 1.54) is 17.9 Å². The van der Waals surface area contributed by atoms with Gasteiger partial charge in [0.25, 0.3) is 0 Å². The van der Waals surface area contributed by atoms with Crippen molar-refractivity contribution < 1.29 is 27.0 Å². The molecule has 0 saturated carbocycles. The second kappa shape index (κ2) is 5.08. The Kier molecular flexibility index (Phi) is 3.66. The van der Waals surface area contributed by atoms with Gasteiger partial charge < -0.3 is 14.0 Å². The van der Waals surface area contributed by atoms with Crippen LogP contribution in [-0.4, -0.2) is 24.6 Å². The number of methoxy groups -OCH3 is 1. The second-order valence-corrected chi connectivity index (χ2v) is 3.78. The van der Waals surface area contributed by atoms with E-state index in [0.717, 1.165) is 12.1 Å². The highest BCUT2D eigenvalue weighted by Crippen LogP contribution is 2.32. The molecular weight excluding hydrogens is 266 g/mol. The van der Waals surface area contributed by atoms with Crippen molar-refractivity contribution in [2.45, 2.75) is 12.9 Å². The zero-order valence-corrected chi connectivity index (χ0v) is 9.92. The van der Waals surface area contributed by atoms with Crippen molar-refractivity contribution in [3.63, 3.8) is 0 Å². The van der Waals surface area contributed by atoms with Crippen molar-refractivity contribution in [3.8, 4) is 5.75 Å². The molecule has 0 spiro atoms. The lowest BCUT2D eigenvalue weighted by molar-refractivity contribution is -0.274. The molecule has 1 radical (unpaired) electrons. The number of hydrogen-bond donors (Lipinski definition) is 0. The predicted molar refractivity (Wildman–Crippen MR) is 59.3 cm³/mol. The molecule has 3 nitrogen and oxygen atoms in total. The van der Waals surface area contributed by atoms with E-state index in [2.05, 4.69) is 10.8 Å². The van der Waals surface area contributed by atoms with Gasteiger partial charge in [0.1, 0.15) is 11.6 Å². The van der Waals surface area contributed by atoms with Crippen LogP contribution >= 0.6 is 0 Å². The molecule has 1 aromatic carbocycles. The minimum atomic E-state index is -4.83. The Hall–Kier alpha value is -1.76. The van der Waals surface area contributed by atoms with Crippen LogP contribution in [-0.2, 0) is 11.3 Å². The Labute approximate surface area is 106 Å². The zero-order chi connectivity index (χ0) is 14.0. The molecule has 103 valence electrons. The molecule has 0 atom stereocenters. The maximum atomic E-state index is 13.7. The average Bonchev–Trinajstić information content (AvgIpc) is 2.73. The molecule has 1 aromatic heterocycles. The third kappa shape index (κ3) is 2.98. The maximum Gasteiger partial charge on any atom is 0.573 e. The first-order valence-electron chi connectivity index (χ1n) is 5.36. The number of benzene rings is 1. The van der Waals surface area contributed by atoms with Gasteiger partial charge in [0.2, 0.25) is 0 Å². The van der Waals surface area contributed by atoms with Crippen molar-refractivity contribution in [2.75, 3.05) is 13.7 Å². The second-order valence-electron chi connectivity index (χ2n) is 3.78. The number of rotatable bonds is 4. The van der Waals surface area contributed by atoms with E-state index < -0.39 is 17.9 Å². The molecule has 0 N–H and O–H groups in total. The molecule has 0 aliphatic heterocycles. The first kappa shape index (κ1) is 13.7. The van der Waals surface area contributed by atoms with Crippen molar-refractivity contribution in [2.24, 2.45) is 0 Å². The lowest BCUT2D eigenvalue weighted by atomic mass is 10.2. The topological polar surface area (TPSA) is 23.4 Å². The fourth-order valence-electron chi connectivity index (χ4n) is 1.75. The standard InChI is InChI=1S/C12H10F4NO2/c1-18-7-6-17-5-4-8-10(19-12(14,15)16)3-2-9(13)11(8)17/h2-3,5H,6-7H2,1H3. The Morgan fingerprint density at radius 2 is 2.05 bits per heavy atom. The number of nitrogens with zero attached hydrogens (tertiary/aromatic N) is 1. The molecule has 0 saturated heterocycles. The third-order valence-electron chi connectivity index (χ3n) is 2.50. The van der Waals surface area contributed by atoms with Crippen LogP contribution in [0.25, 0.3) is 10.9 Å². The van der Waals surface area contributed by atoms with Gasteiger partial charge in [-0.15, -0.1) is 13.2 Å². The summed E-state index contributed by atoms with van der Waals surface area (Å²) in [7, 11) is 1.48. The Balaban J connectivity index is 2.46. The lowest BCUT2D eigenvalue weighted by Crippen LogP contribution is -2.17. The van der Waals surface area contributed by atoms with Gasteiger partial charge in [0.05, 0.1) is 17.5 Å². The number of halogens is 4. The first-order chi connectivity index (χ1) is 8.92. The lowest BCUT2D eigenvalue weighted by Gasteiger charge is -2.11. The van der Waals surface area contributed by atoms with Crippen LogP contribution < -0.4 is 4.74 Å². The molecule has 2 rings (SSSR count). The van der Waals surface area contributed by atoms with Crippen molar-refractivity contribution in [1.82, 2.24) is 4.57 Å². The summed E-state index contributed by atoms with van der Waals surface area (Å²) in [5.74, 6) is -1.11. The molecule has 0 bridgehead atoms. The summed E-state index contributed by atoms with van der Waals surface area (Å²) in [5, 5.41) is -0.0478. The monoisotopic (exact) mass is 276 g/mol. The van der Waals surface area contributed by atoms with Crippen LogP contribution in [0.2, 0.25) is 0 Å². The van der Waals surface area contributed by atoms with Crippen LogP contribution in [0.4, 0.5) is 17.6 Å². The Morgan fingerprint density at radius 1 is 1.32 bits per heavy atom. The Morgan fingerprint density at radius 3 is 2.68 bits per heavy atom. The van der Waals surface area contributed by atoms with Crippen LogP contribution in [0.15, 0.2) is 18.3 Å². The number of fused-ring (bicyclic) bond motifs is 1. The van der Waals surface area contributed by atoms with Crippen molar-refractivity contribution >= 4 is 10.9 Å². The van der Waals surface area contributed by atoms with Gasteiger partial charge in [0.15, 0.2) is 0 Å². The van der Waals surface area contributed by atoms with Crippen LogP contribution in [0.1, 0.15) is 0 Å². The Bertz CT molecular complexity index is 577. The van der Waals surface area contributed by atoms with Crippen LogP contribution in [0, 0.1) is 11.9 Å². The van der Waals surface area contributed by atoms with Gasteiger partial charge in [-0.2, -0.15) is 0 Å². The van der Waals surface area contributed by atoms with E-state index >= 15 is 0 Å². The largest absolute Gasteiger partial charge is 0.573 e. The molecule has 0 fully saturated rings. The van der Waals surface area contributed by atoms with Gasteiger partial charge in [-0.1, -0.05) is 0 Å². The molecule has 19 heavy (non-hydrogen) atoms. The number of aromatic nitrogens is 1. The minimum Gasteiger partial charge on any atom is -0.405 e. The smallest absolute Gasteiger partial charge is 0.405 e. The maximum absolute atomic E-state index is 13.7. The van der Waals surface area contributed by atoms with Gasteiger partial charge in [-0.05, 0) is 12.1 Å². The molecule has 0 aliphatic rings. The van der Waals surface area contributed by atoms with Crippen molar-refractivity contribution in [3.05, 3.63) is 30.2 Å². The van der Waals surface area contributed by atoms with Gasteiger partial charge >= 0.3 is 6.36 Å². The molecule has 0 aliphatic carbocycles. The highest BCUT2D eigenvalue weighted by Gasteiger charge is 2.32. The van der Waals surface area contributed by atoms with Crippen LogP contribution in [0.3, 0.4) is 0 Å². The zero-order valence-electron chi connectivity index (χ0n) is 9.92. The summed E-state index contributed by atoms with van der Waals surface area (Å²) in [4.78, 5) is 0. The SMILES string of the molecule is COCCn1c[c]c2c(OC(F)(F)F)ccc(F)c21. The summed E-state index contributed by atoms with van der Waals surface area (Å²) >= 11 is 0. The number of alkyl halides is 3. The average molecular weight is 276 g/mol. The highest BCUT2D eigenvalue weighted by atomic mass is 19.4. The minimum absolute atomic E-state index is 0.0128. The number of ether oxygens (including phenoxy) is 2. The van der Waals surface area contributed by atoms with Crippen molar-refractivity contribution in [1.29, 1.82) is 0 Å². The summed E-state index contributed by atoms with van der Waals surface area (Å²) in [5.41, 5.74) is 0.0128. The van der Waals surface area contributed by atoms with Gasteiger partial charge in [-0.25, -0.2) is 4.39 Å². The summed E-state index contributed by atoms with van der Waals surface area (Å²) < 4.78 is 60.5. The molecule has 0 unspecified atom stereocenters. The third-order valence-corrected chi connectivity index (χ3v) is 2.50. The van der Waals surface area contributed by atoms with Gasteiger partial charge in [-0.3, -0.25) is 0 Å². The summed E-state index contributed by atoms with van der Waals surface area (Å²) in [6.45, 7) is 0.615. The van der Waals surface area contributed by atoms with Crippen LogP contribution in [0.5, 0.6) is 5.75 Å². The fourth-order valence-corrected chi connectivity index (χ4v) is 1.75. The molecular formula is C12H10F4NO2. The van der Waals surface area contributed by atoms with E-state index in [4.69, 9.17) is 4.74 Å². The highest BCUT2D eigenvalue weighted by molar-refractivity contribution is 5.86. The fraction of sp³-hybridized carbons (Fsp3) is 0.333. The van der Waals surface area contributed by atoms with E-state index in [1.807, 2.05) is 0 Å². The number of hydrogen-bond acceptors (Lipinski definition) is 2. The molecule has 1 heterocycles. The first-order valence-corrected chi connectivity index (χ1v) is 5.36. The summed E-state index contributed by atoms with van der Waals surface area (Å²) in [6, 6.07) is 4.44. The van der Waals surface area contributed by atoms with E-state index in [0.29, 0.717) is 13.2 Å². The van der Waals surface area contributed by atoms with E-state index in [-0.39, 0.29) is 10.9 Å².